The molecule has 0 radical (unpaired) electrons. The molecule has 1 heterocycles. The van der Waals surface area contributed by atoms with Crippen LogP contribution in [0.15, 0.2) is 48.5 Å². The Balaban J connectivity index is 1.68. The van der Waals surface area contributed by atoms with E-state index >= 15 is 0 Å². The van der Waals surface area contributed by atoms with Crippen molar-refractivity contribution in [3.8, 4) is 5.75 Å². The number of hydrogen-bond acceptors (Lipinski definition) is 3. The molecular weight excluding hydrogens is 266 g/mol. The lowest BCUT2D eigenvalue weighted by molar-refractivity contribution is -0.120. The van der Waals surface area contributed by atoms with Crippen molar-refractivity contribution in [2.45, 2.75) is 13.0 Å². The molecule has 1 amide bonds. The molecule has 2 aromatic rings. The molecule has 21 heavy (non-hydrogen) atoms. The number of ether oxygens (including phenoxy) is 1. The number of carbonyl (C=O) groups is 1. The number of anilines is 1. The monoisotopic (exact) mass is 283 g/mol. The van der Waals surface area contributed by atoms with Gasteiger partial charge in [-0.15, -0.1) is 0 Å². The van der Waals surface area contributed by atoms with E-state index in [9.17, 15) is 9.90 Å². The van der Waals surface area contributed by atoms with Crippen molar-refractivity contribution in [2.24, 2.45) is 0 Å². The maximum absolute atomic E-state index is 12.3. The zero-order chi connectivity index (χ0) is 14.7. The number of nitrogens with zero attached hydrogens (tertiary/aromatic N) is 1. The summed E-state index contributed by atoms with van der Waals surface area (Å²) in [4.78, 5) is 14.1. The van der Waals surface area contributed by atoms with Gasteiger partial charge in [0.1, 0.15) is 5.75 Å². The number of carbonyl (C=O) groups excluding carboxylic acids is 1. The van der Waals surface area contributed by atoms with Crippen molar-refractivity contribution in [1.29, 1.82) is 0 Å². The Morgan fingerprint density at radius 2 is 1.90 bits per heavy atom. The van der Waals surface area contributed by atoms with E-state index in [4.69, 9.17) is 4.74 Å². The van der Waals surface area contributed by atoms with E-state index in [0.717, 1.165) is 12.1 Å². The Bertz CT molecular complexity index is 654. The molecule has 0 unspecified atom stereocenters. The average Bonchev–Trinajstić information content (AvgIpc) is 2.97. The van der Waals surface area contributed by atoms with Gasteiger partial charge in [0, 0.05) is 17.8 Å². The SMILES string of the molecule is O=C(COc1ccccc1CO)N1CCc2ccccc21. The molecule has 3 rings (SSSR count). The van der Waals surface area contributed by atoms with Crippen LogP contribution in [-0.2, 0) is 17.8 Å². The molecule has 1 N–H and O–H groups in total. The summed E-state index contributed by atoms with van der Waals surface area (Å²) in [6.45, 7) is 0.575. The highest BCUT2D eigenvalue weighted by Crippen LogP contribution is 2.27. The minimum atomic E-state index is -0.100. The number of hydrogen-bond donors (Lipinski definition) is 1. The first kappa shape index (κ1) is 13.6. The molecule has 0 aromatic heterocycles. The summed E-state index contributed by atoms with van der Waals surface area (Å²) in [6.07, 6.45) is 0.884. The second kappa shape index (κ2) is 5.97. The van der Waals surface area contributed by atoms with Gasteiger partial charge in [0.15, 0.2) is 6.61 Å². The Kier molecular flexibility index (Phi) is 3.88. The van der Waals surface area contributed by atoms with Gasteiger partial charge in [-0.1, -0.05) is 36.4 Å². The van der Waals surface area contributed by atoms with E-state index in [1.54, 1.807) is 17.0 Å². The topological polar surface area (TPSA) is 49.8 Å². The fourth-order valence-corrected chi connectivity index (χ4v) is 2.59. The van der Waals surface area contributed by atoms with Crippen molar-refractivity contribution in [3.05, 3.63) is 59.7 Å². The summed E-state index contributed by atoms with van der Waals surface area (Å²) < 4.78 is 5.57. The molecule has 0 spiro atoms. The largest absolute Gasteiger partial charge is 0.483 e. The van der Waals surface area contributed by atoms with Crippen LogP contribution < -0.4 is 9.64 Å². The molecule has 0 bridgehead atoms. The summed E-state index contributed by atoms with van der Waals surface area (Å²) in [5.41, 5.74) is 2.86. The van der Waals surface area contributed by atoms with Gasteiger partial charge in [-0.25, -0.2) is 0 Å². The Morgan fingerprint density at radius 3 is 2.76 bits per heavy atom. The van der Waals surface area contributed by atoms with E-state index in [1.807, 2.05) is 36.4 Å². The number of aliphatic hydroxyl groups is 1. The van der Waals surface area contributed by atoms with Crippen LogP contribution in [-0.4, -0.2) is 24.2 Å². The lowest BCUT2D eigenvalue weighted by atomic mass is 10.2. The van der Waals surface area contributed by atoms with Crippen LogP contribution in [0.4, 0.5) is 5.69 Å². The van der Waals surface area contributed by atoms with Gasteiger partial charge in [0.05, 0.1) is 6.61 Å². The van der Waals surface area contributed by atoms with Crippen molar-refractivity contribution in [2.75, 3.05) is 18.1 Å². The fourth-order valence-electron chi connectivity index (χ4n) is 2.59. The summed E-state index contributed by atoms with van der Waals surface area (Å²) in [5.74, 6) is 0.494. The third-order valence-corrected chi connectivity index (χ3v) is 3.68. The number of para-hydroxylation sites is 2. The predicted octanol–water partition coefficient (Wildman–Crippen LogP) is 2.15. The van der Waals surface area contributed by atoms with Crippen LogP contribution in [0.3, 0.4) is 0 Å². The normalized spacial score (nSPS) is 13.1. The van der Waals surface area contributed by atoms with Crippen LogP contribution in [0.5, 0.6) is 5.75 Å². The van der Waals surface area contributed by atoms with Crippen LogP contribution in [0.2, 0.25) is 0 Å². The Morgan fingerprint density at radius 1 is 1.14 bits per heavy atom. The quantitative estimate of drug-likeness (QED) is 0.935. The molecule has 1 aliphatic rings. The van der Waals surface area contributed by atoms with Crippen molar-refractivity contribution >= 4 is 11.6 Å². The van der Waals surface area contributed by atoms with Crippen molar-refractivity contribution in [1.82, 2.24) is 0 Å². The summed E-state index contributed by atoms with van der Waals surface area (Å²) in [7, 11) is 0. The highest BCUT2D eigenvalue weighted by molar-refractivity contribution is 5.96. The molecule has 2 aromatic carbocycles. The van der Waals surface area contributed by atoms with Gasteiger partial charge in [-0.2, -0.15) is 0 Å². The van der Waals surface area contributed by atoms with Crippen LogP contribution in [0.1, 0.15) is 11.1 Å². The molecule has 4 heteroatoms. The summed E-state index contributed by atoms with van der Waals surface area (Å²) in [5, 5.41) is 9.25. The number of rotatable bonds is 4. The maximum Gasteiger partial charge on any atom is 0.264 e. The van der Waals surface area contributed by atoms with E-state index in [-0.39, 0.29) is 19.1 Å². The summed E-state index contributed by atoms with van der Waals surface area (Å²) in [6, 6.07) is 15.1. The van der Waals surface area contributed by atoms with Crippen LogP contribution in [0.25, 0.3) is 0 Å². The van der Waals surface area contributed by atoms with E-state index in [2.05, 4.69) is 0 Å². The third kappa shape index (κ3) is 2.76. The molecule has 0 aliphatic carbocycles. The smallest absolute Gasteiger partial charge is 0.264 e. The van der Waals surface area contributed by atoms with Crippen molar-refractivity contribution in [3.63, 3.8) is 0 Å². The molecule has 0 saturated carbocycles. The highest BCUT2D eigenvalue weighted by atomic mass is 16.5. The molecule has 1 aliphatic heterocycles. The second-order valence-corrected chi connectivity index (χ2v) is 4.98. The van der Waals surface area contributed by atoms with Gasteiger partial charge in [0.25, 0.3) is 5.91 Å². The number of amides is 1. The highest BCUT2D eigenvalue weighted by Gasteiger charge is 2.24. The van der Waals surface area contributed by atoms with Gasteiger partial charge in [-0.3, -0.25) is 4.79 Å². The number of fused-ring (bicyclic) bond motifs is 1. The first-order valence-corrected chi connectivity index (χ1v) is 6.99. The van der Waals surface area contributed by atoms with E-state index in [1.165, 1.54) is 5.56 Å². The fraction of sp³-hybridized carbons (Fsp3) is 0.235. The first-order chi connectivity index (χ1) is 10.3. The maximum atomic E-state index is 12.3. The van der Waals surface area contributed by atoms with Gasteiger partial charge in [0.2, 0.25) is 0 Å². The molecule has 0 saturated heterocycles. The zero-order valence-corrected chi connectivity index (χ0v) is 11.7. The zero-order valence-electron chi connectivity index (χ0n) is 11.7. The lowest BCUT2D eigenvalue weighted by Crippen LogP contribution is -2.33. The first-order valence-electron chi connectivity index (χ1n) is 6.99. The van der Waals surface area contributed by atoms with Gasteiger partial charge < -0.3 is 14.7 Å². The number of aliphatic hydroxyl groups excluding tert-OH is 1. The van der Waals surface area contributed by atoms with Crippen LogP contribution >= 0.6 is 0 Å². The minimum Gasteiger partial charge on any atom is -0.483 e. The van der Waals surface area contributed by atoms with Gasteiger partial charge in [-0.05, 0) is 24.1 Å². The van der Waals surface area contributed by atoms with Gasteiger partial charge >= 0.3 is 0 Å². The average molecular weight is 283 g/mol. The van der Waals surface area contributed by atoms with E-state index in [0.29, 0.717) is 17.9 Å². The number of benzene rings is 2. The molecule has 0 atom stereocenters. The second-order valence-electron chi connectivity index (χ2n) is 4.98. The summed E-state index contributed by atoms with van der Waals surface area (Å²) >= 11 is 0. The standard InChI is InChI=1S/C17H17NO3/c19-11-14-6-2-4-8-16(14)21-12-17(20)18-10-9-13-5-1-3-7-15(13)18/h1-8,19H,9-12H2. The minimum absolute atomic E-state index is 0.0225. The Hall–Kier alpha value is -2.33. The molecular formula is C17H17NO3. The molecule has 4 nitrogen and oxygen atoms in total. The lowest BCUT2D eigenvalue weighted by Gasteiger charge is -2.18. The van der Waals surface area contributed by atoms with Crippen LogP contribution in [0, 0.1) is 0 Å². The molecule has 0 fully saturated rings. The third-order valence-electron chi connectivity index (χ3n) is 3.68. The van der Waals surface area contributed by atoms with Crippen molar-refractivity contribution < 1.29 is 14.6 Å². The Labute approximate surface area is 123 Å². The molecule has 108 valence electrons. The predicted molar refractivity (Wildman–Crippen MR) is 80.4 cm³/mol. The van der Waals surface area contributed by atoms with E-state index < -0.39 is 0 Å².